The van der Waals surface area contributed by atoms with E-state index in [1.807, 2.05) is 0 Å². The molecule has 2 aromatic rings. The van der Waals surface area contributed by atoms with Crippen LogP contribution in [0.4, 0.5) is 11.4 Å². The lowest BCUT2D eigenvalue weighted by Crippen LogP contribution is -2.13. The minimum absolute atomic E-state index is 0.0703. The van der Waals surface area contributed by atoms with E-state index in [2.05, 4.69) is 11.9 Å². The Labute approximate surface area is 133 Å². The Balaban J connectivity index is 2.14. The molecular formula is C17H16N2O4. The van der Waals surface area contributed by atoms with E-state index in [0.29, 0.717) is 23.6 Å². The Bertz CT molecular complexity index is 739. The van der Waals surface area contributed by atoms with Gasteiger partial charge in [-0.15, -0.1) is 0 Å². The summed E-state index contributed by atoms with van der Waals surface area (Å²) in [5.41, 5.74) is 1.52. The van der Waals surface area contributed by atoms with Crippen molar-refractivity contribution in [3.63, 3.8) is 0 Å². The minimum Gasteiger partial charge on any atom is -0.490 e. The third-order valence-electron chi connectivity index (χ3n) is 3.16. The number of nitro benzene ring substituents is 1. The second-order valence-electron chi connectivity index (χ2n) is 4.83. The van der Waals surface area contributed by atoms with Gasteiger partial charge in [-0.3, -0.25) is 14.9 Å². The molecule has 23 heavy (non-hydrogen) atoms. The van der Waals surface area contributed by atoms with E-state index in [-0.39, 0.29) is 11.6 Å². The topological polar surface area (TPSA) is 81.5 Å². The van der Waals surface area contributed by atoms with Crippen LogP contribution < -0.4 is 10.1 Å². The van der Waals surface area contributed by atoms with Gasteiger partial charge in [-0.2, -0.15) is 0 Å². The van der Waals surface area contributed by atoms with Gasteiger partial charge in [0.2, 0.25) is 0 Å². The highest BCUT2D eigenvalue weighted by molar-refractivity contribution is 6.04. The molecule has 0 bridgehead atoms. The van der Waals surface area contributed by atoms with Crippen molar-refractivity contribution in [3.05, 3.63) is 76.4 Å². The lowest BCUT2D eigenvalue weighted by molar-refractivity contribution is -0.384. The van der Waals surface area contributed by atoms with E-state index < -0.39 is 4.92 Å². The molecule has 118 valence electrons. The van der Waals surface area contributed by atoms with Gasteiger partial charge in [-0.1, -0.05) is 18.7 Å². The van der Waals surface area contributed by atoms with Crippen molar-refractivity contribution in [2.45, 2.75) is 6.92 Å². The number of carbonyl (C=O) groups excluding carboxylic acids is 1. The van der Waals surface area contributed by atoms with Gasteiger partial charge in [-0.25, -0.2) is 0 Å². The number of non-ortho nitro benzene ring substituents is 1. The van der Waals surface area contributed by atoms with Gasteiger partial charge >= 0.3 is 0 Å². The third kappa shape index (κ3) is 4.16. The summed E-state index contributed by atoms with van der Waals surface area (Å²) < 4.78 is 5.34. The molecule has 0 aromatic heterocycles. The Morgan fingerprint density at radius 3 is 2.61 bits per heavy atom. The standard InChI is InChI=1S/C17H16N2O4/c1-3-10-23-15-8-5-13(6-9-15)17(20)18-16-11-14(19(21)22)7-4-12(16)2/h3-9,11H,1,10H2,2H3,(H,18,20). The molecule has 0 fully saturated rings. The van der Waals surface area contributed by atoms with E-state index >= 15 is 0 Å². The fourth-order valence-corrected chi connectivity index (χ4v) is 1.91. The number of ether oxygens (including phenoxy) is 1. The van der Waals surface area contributed by atoms with Crippen molar-refractivity contribution in [2.75, 3.05) is 11.9 Å². The van der Waals surface area contributed by atoms with E-state index in [0.717, 1.165) is 5.56 Å². The number of nitro groups is 1. The summed E-state index contributed by atoms with van der Waals surface area (Å²) >= 11 is 0. The maximum atomic E-state index is 12.2. The molecule has 0 aliphatic carbocycles. The molecule has 0 spiro atoms. The summed E-state index contributed by atoms with van der Waals surface area (Å²) in [5, 5.41) is 13.5. The molecule has 1 amide bonds. The van der Waals surface area contributed by atoms with Crippen molar-refractivity contribution in [3.8, 4) is 5.75 Å². The average Bonchev–Trinajstić information content (AvgIpc) is 2.55. The summed E-state index contributed by atoms with van der Waals surface area (Å²) in [7, 11) is 0. The van der Waals surface area contributed by atoms with E-state index in [9.17, 15) is 14.9 Å². The number of amides is 1. The van der Waals surface area contributed by atoms with Crippen LogP contribution in [0.5, 0.6) is 5.75 Å². The Kier molecular flexibility index (Phi) is 5.09. The average molecular weight is 312 g/mol. The molecule has 6 nitrogen and oxygen atoms in total. The maximum Gasteiger partial charge on any atom is 0.271 e. The van der Waals surface area contributed by atoms with Crippen LogP contribution in [0.25, 0.3) is 0 Å². The zero-order valence-electron chi connectivity index (χ0n) is 12.6. The Hall–Kier alpha value is -3.15. The smallest absolute Gasteiger partial charge is 0.271 e. The van der Waals surface area contributed by atoms with Crippen molar-refractivity contribution < 1.29 is 14.5 Å². The molecule has 0 heterocycles. The van der Waals surface area contributed by atoms with Gasteiger partial charge in [0, 0.05) is 17.7 Å². The van der Waals surface area contributed by atoms with Crippen LogP contribution in [0.1, 0.15) is 15.9 Å². The maximum absolute atomic E-state index is 12.2. The van der Waals surface area contributed by atoms with Crippen LogP contribution in [-0.2, 0) is 0 Å². The minimum atomic E-state index is -0.499. The molecular weight excluding hydrogens is 296 g/mol. The van der Waals surface area contributed by atoms with Crippen LogP contribution in [0.2, 0.25) is 0 Å². The van der Waals surface area contributed by atoms with E-state index in [1.165, 1.54) is 12.1 Å². The number of rotatable bonds is 6. The molecule has 0 aliphatic heterocycles. The van der Waals surface area contributed by atoms with Crippen molar-refractivity contribution in [1.29, 1.82) is 0 Å². The largest absolute Gasteiger partial charge is 0.490 e. The molecule has 1 N–H and O–H groups in total. The molecule has 6 heteroatoms. The van der Waals surface area contributed by atoms with Gasteiger partial charge in [0.1, 0.15) is 12.4 Å². The van der Waals surface area contributed by atoms with E-state index in [4.69, 9.17) is 4.74 Å². The highest BCUT2D eigenvalue weighted by Crippen LogP contribution is 2.22. The lowest BCUT2D eigenvalue weighted by atomic mass is 10.1. The second-order valence-corrected chi connectivity index (χ2v) is 4.83. The molecule has 2 aromatic carbocycles. The highest BCUT2D eigenvalue weighted by Gasteiger charge is 2.12. The highest BCUT2D eigenvalue weighted by atomic mass is 16.6. The second kappa shape index (κ2) is 7.22. The van der Waals surface area contributed by atoms with E-state index in [1.54, 1.807) is 43.3 Å². The molecule has 0 radical (unpaired) electrons. The number of benzene rings is 2. The van der Waals surface area contributed by atoms with Crippen LogP contribution in [0, 0.1) is 17.0 Å². The quantitative estimate of drug-likeness (QED) is 0.500. The first kappa shape index (κ1) is 16.2. The number of hydrogen-bond acceptors (Lipinski definition) is 4. The number of hydrogen-bond donors (Lipinski definition) is 1. The zero-order valence-corrected chi connectivity index (χ0v) is 12.6. The summed E-state index contributed by atoms with van der Waals surface area (Å²) in [6.45, 7) is 5.72. The predicted molar refractivity (Wildman–Crippen MR) is 87.9 cm³/mol. The Morgan fingerprint density at radius 2 is 2.00 bits per heavy atom. The van der Waals surface area contributed by atoms with Crippen LogP contribution in [0.15, 0.2) is 55.1 Å². The molecule has 0 saturated heterocycles. The SMILES string of the molecule is C=CCOc1ccc(C(=O)Nc2cc([N+](=O)[O-])ccc2C)cc1. The molecule has 0 saturated carbocycles. The summed E-state index contributed by atoms with van der Waals surface area (Å²) in [6.07, 6.45) is 1.63. The van der Waals surface area contributed by atoms with Crippen molar-refractivity contribution in [2.24, 2.45) is 0 Å². The third-order valence-corrected chi connectivity index (χ3v) is 3.16. The molecule has 0 atom stereocenters. The number of aryl methyl sites for hydroxylation is 1. The number of nitrogens with zero attached hydrogens (tertiary/aromatic N) is 1. The number of nitrogens with one attached hydrogen (secondary N) is 1. The normalized spacial score (nSPS) is 9.96. The first-order valence-corrected chi connectivity index (χ1v) is 6.91. The fraction of sp³-hybridized carbons (Fsp3) is 0.118. The first-order valence-electron chi connectivity index (χ1n) is 6.91. The van der Waals surface area contributed by atoms with Crippen molar-refractivity contribution >= 4 is 17.3 Å². The first-order chi connectivity index (χ1) is 11.0. The number of anilines is 1. The van der Waals surface area contributed by atoms with Gasteiger partial charge in [0.25, 0.3) is 11.6 Å². The monoisotopic (exact) mass is 312 g/mol. The number of carbonyl (C=O) groups is 1. The Morgan fingerprint density at radius 1 is 1.30 bits per heavy atom. The molecule has 2 rings (SSSR count). The summed E-state index contributed by atoms with van der Waals surface area (Å²) in [6, 6.07) is 10.9. The summed E-state index contributed by atoms with van der Waals surface area (Å²) in [4.78, 5) is 22.6. The van der Waals surface area contributed by atoms with Gasteiger partial charge < -0.3 is 10.1 Å². The van der Waals surface area contributed by atoms with Gasteiger partial charge in [-0.05, 0) is 36.8 Å². The summed E-state index contributed by atoms with van der Waals surface area (Å²) in [5.74, 6) is 0.289. The zero-order chi connectivity index (χ0) is 16.8. The van der Waals surface area contributed by atoms with Gasteiger partial charge in [0.15, 0.2) is 0 Å². The van der Waals surface area contributed by atoms with Crippen LogP contribution in [-0.4, -0.2) is 17.4 Å². The molecule has 0 unspecified atom stereocenters. The lowest BCUT2D eigenvalue weighted by Gasteiger charge is -2.09. The fourth-order valence-electron chi connectivity index (χ4n) is 1.91. The molecule has 0 aliphatic rings. The van der Waals surface area contributed by atoms with Crippen LogP contribution >= 0.6 is 0 Å². The van der Waals surface area contributed by atoms with Gasteiger partial charge in [0.05, 0.1) is 10.6 Å². The predicted octanol–water partition coefficient (Wildman–Crippen LogP) is 3.72. The van der Waals surface area contributed by atoms with Crippen molar-refractivity contribution in [1.82, 2.24) is 0 Å². The van der Waals surface area contributed by atoms with Crippen LogP contribution in [0.3, 0.4) is 0 Å².